The van der Waals surface area contributed by atoms with E-state index in [4.69, 9.17) is 9.72 Å². The predicted molar refractivity (Wildman–Crippen MR) is 144 cm³/mol. The van der Waals surface area contributed by atoms with Crippen molar-refractivity contribution in [2.45, 2.75) is 25.8 Å². The third-order valence-corrected chi connectivity index (χ3v) is 6.63. The van der Waals surface area contributed by atoms with Gasteiger partial charge in [-0.05, 0) is 50.1 Å². The van der Waals surface area contributed by atoms with Crippen LogP contribution in [0.15, 0.2) is 67.3 Å². The number of unbranched alkanes of at least 4 members (excludes halogenated alkanes) is 1. The molecule has 0 unspecified atom stereocenters. The summed E-state index contributed by atoms with van der Waals surface area (Å²) in [4.78, 5) is 28.7. The van der Waals surface area contributed by atoms with Gasteiger partial charge in [0.15, 0.2) is 5.82 Å². The number of fused-ring (bicyclic) bond motifs is 1. The first-order valence-electron chi connectivity index (χ1n) is 12.9. The summed E-state index contributed by atoms with van der Waals surface area (Å²) in [6, 6.07) is 15.9. The molecular formula is C28H33N7O2. The van der Waals surface area contributed by atoms with Gasteiger partial charge in [-0.1, -0.05) is 30.3 Å². The summed E-state index contributed by atoms with van der Waals surface area (Å²) in [5.41, 5.74) is 3.37. The van der Waals surface area contributed by atoms with Crippen molar-refractivity contribution in [2.24, 2.45) is 0 Å². The summed E-state index contributed by atoms with van der Waals surface area (Å²) in [5, 5.41) is 6.44. The molecule has 3 heterocycles. The molecule has 1 saturated heterocycles. The lowest BCUT2D eigenvalue weighted by Crippen LogP contribution is -2.37. The molecule has 1 amide bonds. The summed E-state index contributed by atoms with van der Waals surface area (Å²) in [6.07, 6.45) is 7.14. The second-order valence-electron chi connectivity index (χ2n) is 9.27. The van der Waals surface area contributed by atoms with Crippen LogP contribution in [0, 0.1) is 0 Å². The third-order valence-electron chi connectivity index (χ3n) is 6.63. The number of benzene rings is 2. The Hall–Kier alpha value is -3.82. The van der Waals surface area contributed by atoms with Gasteiger partial charge in [-0.25, -0.2) is 9.97 Å². The number of anilines is 1. The van der Waals surface area contributed by atoms with E-state index in [0.717, 1.165) is 56.7 Å². The lowest BCUT2D eigenvalue weighted by molar-refractivity contribution is 0.0372. The zero-order chi connectivity index (χ0) is 25.5. The van der Waals surface area contributed by atoms with Crippen molar-refractivity contribution in [2.75, 3.05) is 44.7 Å². The minimum Gasteiger partial charge on any atom is -0.379 e. The van der Waals surface area contributed by atoms with E-state index in [9.17, 15) is 4.79 Å². The zero-order valence-electron chi connectivity index (χ0n) is 21.1. The first kappa shape index (κ1) is 24.9. The first-order chi connectivity index (χ1) is 18.2. The van der Waals surface area contributed by atoms with Gasteiger partial charge in [-0.2, -0.15) is 0 Å². The summed E-state index contributed by atoms with van der Waals surface area (Å²) in [6.45, 7) is 7.43. The fraction of sp³-hybridized carbons (Fsp3) is 0.357. The molecule has 0 bridgehead atoms. The summed E-state index contributed by atoms with van der Waals surface area (Å²) in [5.74, 6) is 1.26. The average Bonchev–Trinajstić information content (AvgIpc) is 3.37. The van der Waals surface area contributed by atoms with E-state index in [-0.39, 0.29) is 11.9 Å². The van der Waals surface area contributed by atoms with E-state index in [2.05, 4.69) is 44.6 Å². The second kappa shape index (κ2) is 11.9. The van der Waals surface area contributed by atoms with Crippen LogP contribution >= 0.6 is 0 Å². The van der Waals surface area contributed by atoms with Crippen LogP contribution in [-0.2, 0) is 4.74 Å². The Morgan fingerprint density at radius 3 is 2.76 bits per heavy atom. The zero-order valence-corrected chi connectivity index (χ0v) is 21.1. The number of nitrogens with zero attached hydrogens (tertiary/aromatic N) is 5. The Balaban J connectivity index is 1.19. The van der Waals surface area contributed by atoms with Crippen LogP contribution < -0.4 is 10.6 Å². The summed E-state index contributed by atoms with van der Waals surface area (Å²) >= 11 is 0. The molecule has 0 radical (unpaired) electrons. The average molecular weight is 500 g/mol. The number of nitrogens with one attached hydrogen (secondary N) is 2. The Morgan fingerprint density at radius 1 is 1.08 bits per heavy atom. The monoisotopic (exact) mass is 499 g/mol. The van der Waals surface area contributed by atoms with E-state index in [1.54, 1.807) is 18.7 Å². The number of imidazole rings is 1. The van der Waals surface area contributed by atoms with Gasteiger partial charge in [0.1, 0.15) is 12.1 Å². The van der Waals surface area contributed by atoms with Crippen molar-refractivity contribution >= 4 is 22.8 Å². The number of carbonyl (C=O) groups excluding carboxylic acids is 1. The van der Waals surface area contributed by atoms with Crippen molar-refractivity contribution in [3.05, 3.63) is 78.4 Å². The molecule has 2 aromatic heterocycles. The molecule has 1 aliphatic rings. The molecule has 2 aromatic carbocycles. The molecule has 0 aliphatic carbocycles. The van der Waals surface area contributed by atoms with Crippen molar-refractivity contribution in [1.82, 2.24) is 29.7 Å². The Morgan fingerprint density at radius 2 is 1.92 bits per heavy atom. The normalized spacial score (nSPS) is 14.9. The van der Waals surface area contributed by atoms with Crippen LogP contribution in [0.5, 0.6) is 0 Å². The van der Waals surface area contributed by atoms with Crippen LogP contribution in [0.3, 0.4) is 0 Å². The maximum Gasteiger partial charge on any atom is 0.251 e. The maximum atomic E-state index is 12.7. The van der Waals surface area contributed by atoms with E-state index in [1.165, 1.54) is 5.56 Å². The molecule has 37 heavy (non-hydrogen) atoms. The summed E-state index contributed by atoms with van der Waals surface area (Å²) in [7, 11) is 0. The van der Waals surface area contributed by atoms with E-state index in [1.807, 2.05) is 41.0 Å². The molecule has 4 aromatic rings. The Labute approximate surface area is 216 Å². The molecule has 1 atom stereocenters. The van der Waals surface area contributed by atoms with Gasteiger partial charge in [-0.3, -0.25) is 19.2 Å². The van der Waals surface area contributed by atoms with Crippen molar-refractivity contribution in [1.29, 1.82) is 0 Å². The fourth-order valence-corrected chi connectivity index (χ4v) is 4.51. The first-order valence-corrected chi connectivity index (χ1v) is 12.9. The van der Waals surface area contributed by atoms with Gasteiger partial charge in [0.25, 0.3) is 5.91 Å². The predicted octanol–water partition coefficient (Wildman–Crippen LogP) is 3.83. The number of hydrogen-bond donors (Lipinski definition) is 2. The number of carbonyl (C=O) groups is 1. The van der Waals surface area contributed by atoms with Crippen LogP contribution in [0.1, 0.15) is 41.7 Å². The lowest BCUT2D eigenvalue weighted by atomic mass is 10.1. The number of amides is 1. The quantitative estimate of drug-likeness (QED) is 0.320. The highest BCUT2D eigenvalue weighted by Gasteiger charge is 2.13. The molecule has 0 saturated carbocycles. The van der Waals surface area contributed by atoms with Crippen molar-refractivity contribution in [3.63, 3.8) is 0 Å². The highest BCUT2D eigenvalue weighted by Crippen LogP contribution is 2.21. The third kappa shape index (κ3) is 6.31. The minimum atomic E-state index is -0.0799. The van der Waals surface area contributed by atoms with Crippen molar-refractivity contribution < 1.29 is 9.53 Å². The highest BCUT2D eigenvalue weighted by molar-refractivity contribution is 5.97. The SMILES string of the molecule is C[C@H](Nc1cncc(-n2cnc3cc(C(=O)NCCCCN4CCOCC4)ccc32)n1)c1ccccc1. The molecule has 5 rings (SSSR count). The molecule has 1 aliphatic heterocycles. The van der Waals surface area contributed by atoms with E-state index < -0.39 is 0 Å². The van der Waals surface area contributed by atoms with Crippen LogP contribution in [-0.4, -0.2) is 69.7 Å². The highest BCUT2D eigenvalue weighted by atomic mass is 16.5. The van der Waals surface area contributed by atoms with Crippen LogP contribution in [0.25, 0.3) is 16.9 Å². The molecule has 9 heteroatoms. The topological polar surface area (TPSA) is 97.2 Å². The molecule has 1 fully saturated rings. The van der Waals surface area contributed by atoms with Crippen LogP contribution in [0.2, 0.25) is 0 Å². The molecular weight excluding hydrogens is 466 g/mol. The molecule has 9 nitrogen and oxygen atoms in total. The number of rotatable bonds is 10. The summed E-state index contributed by atoms with van der Waals surface area (Å²) < 4.78 is 7.27. The van der Waals surface area contributed by atoms with Gasteiger partial charge in [-0.15, -0.1) is 0 Å². The minimum absolute atomic E-state index is 0.0799. The Bertz CT molecular complexity index is 1320. The maximum absolute atomic E-state index is 12.7. The van der Waals surface area contributed by atoms with Gasteiger partial charge in [0.05, 0.1) is 36.6 Å². The fourth-order valence-electron chi connectivity index (χ4n) is 4.51. The van der Waals surface area contributed by atoms with E-state index in [0.29, 0.717) is 23.7 Å². The van der Waals surface area contributed by atoms with Crippen molar-refractivity contribution in [3.8, 4) is 5.82 Å². The molecule has 0 spiro atoms. The standard InChI is InChI=1S/C28H33N7O2/c1-21(22-7-3-2-4-8-22)32-26-18-29-19-27(33-26)35-20-31-24-17-23(9-10-25(24)35)28(36)30-11-5-6-12-34-13-15-37-16-14-34/h2-4,7-10,17-21H,5-6,11-16H2,1H3,(H,30,36)(H,32,33)/t21-/m0/s1. The number of aromatic nitrogens is 4. The lowest BCUT2D eigenvalue weighted by Gasteiger charge is -2.26. The molecule has 2 N–H and O–H groups in total. The van der Waals surface area contributed by atoms with Gasteiger partial charge in [0.2, 0.25) is 0 Å². The van der Waals surface area contributed by atoms with E-state index >= 15 is 0 Å². The Kier molecular flexibility index (Phi) is 8.02. The van der Waals surface area contributed by atoms with Gasteiger partial charge in [0, 0.05) is 31.2 Å². The van der Waals surface area contributed by atoms with Gasteiger partial charge < -0.3 is 15.4 Å². The van der Waals surface area contributed by atoms with Gasteiger partial charge >= 0.3 is 0 Å². The number of morpholine rings is 1. The van der Waals surface area contributed by atoms with Crippen LogP contribution in [0.4, 0.5) is 5.82 Å². The second-order valence-corrected chi connectivity index (χ2v) is 9.27. The number of hydrogen-bond acceptors (Lipinski definition) is 7. The molecule has 192 valence electrons. The smallest absolute Gasteiger partial charge is 0.251 e. The largest absolute Gasteiger partial charge is 0.379 e. The number of ether oxygens (including phenoxy) is 1.